The highest BCUT2D eigenvalue weighted by atomic mass is 16.6. The first kappa shape index (κ1) is 31.5. The highest BCUT2D eigenvalue weighted by Crippen LogP contribution is 2.50. The molecular weight excluding hydrogens is 608 g/mol. The van der Waals surface area contributed by atoms with Crippen LogP contribution < -0.4 is 10.1 Å². The fourth-order valence-electron chi connectivity index (χ4n) is 6.63. The molecule has 1 amide bonds. The van der Waals surface area contributed by atoms with Gasteiger partial charge in [-0.25, -0.2) is 4.98 Å². The van der Waals surface area contributed by atoms with E-state index in [-0.39, 0.29) is 23.6 Å². The summed E-state index contributed by atoms with van der Waals surface area (Å²) in [6.45, 7) is 7.62. The zero-order valence-electron chi connectivity index (χ0n) is 27.3. The zero-order valence-corrected chi connectivity index (χ0v) is 27.3. The van der Waals surface area contributed by atoms with Gasteiger partial charge in [-0.15, -0.1) is 5.10 Å². The molecule has 7 rings (SSSR count). The maximum atomic E-state index is 13.1. The van der Waals surface area contributed by atoms with Gasteiger partial charge in [0.25, 0.3) is 5.69 Å². The Morgan fingerprint density at radius 1 is 1.10 bits per heavy atom. The standard InChI is InChI=1S/C36H40N8O4/c1-24-16-32-33(17-25(24)2)39-35(38-32)27-7-5-26(6-8-27)19-37-34(45)18-36(13-14-36)23-42-15-3-4-30(42)21-43-20-28(40-41-43)22-48-31-11-9-29(10-12-31)44(46)47/h5-12,16-17,20,30H,3-4,13-15,18-19,21-23H2,1-2H3,(H,37,45)(H,38,39). The molecule has 2 aliphatic rings. The molecule has 5 aromatic rings. The van der Waals surface area contributed by atoms with Crippen LogP contribution in [0.1, 0.15) is 54.5 Å². The monoisotopic (exact) mass is 648 g/mol. The summed E-state index contributed by atoms with van der Waals surface area (Å²) in [5, 5.41) is 22.6. The van der Waals surface area contributed by atoms with E-state index in [2.05, 4.69) is 75.8 Å². The number of rotatable bonds is 13. The molecule has 2 N–H and O–H groups in total. The third-order valence-electron chi connectivity index (χ3n) is 9.76. The largest absolute Gasteiger partial charge is 0.487 e. The molecule has 248 valence electrons. The number of aromatic amines is 1. The highest BCUT2D eigenvalue weighted by Gasteiger charge is 2.46. The van der Waals surface area contributed by atoms with Gasteiger partial charge in [-0.05, 0) is 92.4 Å². The van der Waals surface area contributed by atoms with E-state index in [0.717, 1.165) is 73.3 Å². The lowest BCUT2D eigenvalue weighted by atomic mass is 10.0. The Morgan fingerprint density at radius 3 is 2.62 bits per heavy atom. The number of carbonyl (C=O) groups is 1. The Hall–Kier alpha value is -5.10. The van der Waals surface area contributed by atoms with E-state index in [9.17, 15) is 14.9 Å². The van der Waals surface area contributed by atoms with Crippen molar-refractivity contribution in [1.29, 1.82) is 0 Å². The van der Waals surface area contributed by atoms with E-state index in [1.165, 1.54) is 23.3 Å². The predicted molar refractivity (Wildman–Crippen MR) is 181 cm³/mol. The predicted octanol–water partition coefficient (Wildman–Crippen LogP) is 5.88. The second-order valence-corrected chi connectivity index (χ2v) is 13.4. The Morgan fingerprint density at radius 2 is 1.88 bits per heavy atom. The molecule has 2 fully saturated rings. The number of aryl methyl sites for hydroxylation is 2. The van der Waals surface area contributed by atoms with Gasteiger partial charge in [0.05, 0.1) is 28.7 Å². The average Bonchev–Trinajstić information content (AvgIpc) is 3.37. The number of hydrogen-bond acceptors (Lipinski definition) is 8. The van der Waals surface area contributed by atoms with Crippen LogP contribution in [-0.2, 0) is 24.5 Å². The minimum Gasteiger partial charge on any atom is -0.487 e. The number of amides is 1. The molecule has 1 aliphatic heterocycles. The summed E-state index contributed by atoms with van der Waals surface area (Å²) in [6, 6.07) is 18.8. The van der Waals surface area contributed by atoms with E-state index in [1.54, 1.807) is 12.1 Å². The fraction of sp³-hybridized carbons (Fsp3) is 0.389. The van der Waals surface area contributed by atoms with Crippen molar-refractivity contribution in [3.8, 4) is 17.1 Å². The topological polar surface area (TPSA) is 144 Å². The van der Waals surface area contributed by atoms with Crippen LogP contribution in [0.4, 0.5) is 5.69 Å². The summed E-state index contributed by atoms with van der Waals surface area (Å²) in [6.07, 6.45) is 6.79. The summed E-state index contributed by atoms with van der Waals surface area (Å²) < 4.78 is 7.61. The lowest BCUT2D eigenvalue weighted by Gasteiger charge is -2.28. The number of nitrogens with zero attached hydrogens (tertiary/aromatic N) is 6. The number of nitro benzene ring substituents is 1. The Labute approximate surface area is 278 Å². The van der Waals surface area contributed by atoms with Crippen molar-refractivity contribution in [2.45, 2.75) is 71.7 Å². The maximum Gasteiger partial charge on any atom is 0.269 e. The van der Waals surface area contributed by atoms with E-state index >= 15 is 0 Å². The van der Waals surface area contributed by atoms with Gasteiger partial charge in [-0.2, -0.15) is 0 Å². The number of aromatic nitrogens is 5. The number of non-ortho nitro benzene ring substituents is 1. The van der Waals surface area contributed by atoms with Gasteiger partial charge in [0.2, 0.25) is 5.91 Å². The molecule has 12 nitrogen and oxygen atoms in total. The molecule has 1 atom stereocenters. The van der Waals surface area contributed by atoms with Crippen LogP contribution in [0.25, 0.3) is 22.4 Å². The van der Waals surface area contributed by atoms with Crippen molar-refractivity contribution in [3.63, 3.8) is 0 Å². The Kier molecular flexibility index (Phi) is 8.65. The van der Waals surface area contributed by atoms with Crippen LogP contribution >= 0.6 is 0 Å². The minimum absolute atomic E-state index is 0.0231. The smallest absolute Gasteiger partial charge is 0.269 e. The van der Waals surface area contributed by atoms with E-state index < -0.39 is 4.92 Å². The molecule has 1 saturated heterocycles. The number of nitro groups is 1. The van der Waals surface area contributed by atoms with Gasteiger partial charge in [-0.1, -0.05) is 29.5 Å². The van der Waals surface area contributed by atoms with Crippen LogP contribution in [0, 0.1) is 29.4 Å². The van der Waals surface area contributed by atoms with E-state index in [1.807, 2.05) is 10.9 Å². The van der Waals surface area contributed by atoms with Gasteiger partial charge in [0.1, 0.15) is 23.9 Å². The number of imidazole rings is 1. The van der Waals surface area contributed by atoms with Gasteiger partial charge in [0, 0.05) is 43.2 Å². The van der Waals surface area contributed by atoms with Crippen molar-refractivity contribution >= 4 is 22.6 Å². The Balaban J connectivity index is 0.875. The normalized spacial score (nSPS) is 17.1. The van der Waals surface area contributed by atoms with Crippen molar-refractivity contribution in [2.24, 2.45) is 5.41 Å². The lowest BCUT2D eigenvalue weighted by molar-refractivity contribution is -0.384. The van der Waals surface area contributed by atoms with Crippen LogP contribution in [0.3, 0.4) is 0 Å². The maximum absolute atomic E-state index is 13.1. The summed E-state index contributed by atoms with van der Waals surface area (Å²) in [7, 11) is 0. The first-order valence-electron chi connectivity index (χ1n) is 16.6. The van der Waals surface area contributed by atoms with E-state index in [4.69, 9.17) is 9.72 Å². The van der Waals surface area contributed by atoms with Crippen molar-refractivity contribution in [2.75, 3.05) is 13.1 Å². The molecule has 2 aromatic heterocycles. The number of H-pyrrole nitrogens is 1. The van der Waals surface area contributed by atoms with Crippen LogP contribution in [0.5, 0.6) is 5.75 Å². The number of hydrogen-bond donors (Lipinski definition) is 2. The van der Waals surface area contributed by atoms with Gasteiger partial charge >= 0.3 is 0 Å². The summed E-state index contributed by atoms with van der Waals surface area (Å²) in [5.41, 5.74) is 7.32. The summed E-state index contributed by atoms with van der Waals surface area (Å²) in [5.74, 6) is 1.49. The molecule has 1 aliphatic carbocycles. The zero-order chi connectivity index (χ0) is 33.3. The molecule has 1 saturated carbocycles. The molecular formula is C36H40N8O4. The number of ether oxygens (including phenoxy) is 1. The van der Waals surface area contributed by atoms with Gasteiger partial charge < -0.3 is 15.0 Å². The van der Waals surface area contributed by atoms with Crippen LogP contribution in [0.15, 0.2) is 66.9 Å². The van der Waals surface area contributed by atoms with Gasteiger partial charge in [-0.3, -0.25) is 24.5 Å². The van der Waals surface area contributed by atoms with Crippen molar-refractivity contribution < 1.29 is 14.5 Å². The van der Waals surface area contributed by atoms with Crippen molar-refractivity contribution in [3.05, 3.63) is 99.4 Å². The first-order valence-corrected chi connectivity index (χ1v) is 16.6. The highest BCUT2D eigenvalue weighted by molar-refractivity contribution is 5.81. The second-order valence-electron chi connectivity index (χ2n) is 13.4. The lowest BCUT2D eigenvalue weighted by Crippen LogP contribution is -2.39. The molecule has 1 unspecified atom stereocenters. The summed E-state index contributed by atoms with van der Waals surface area (Å²) >= 11 is 0. The third kappa shape index (κ3) is 7.23. The van der Waals surface area contributed by atoms with Crippen molar-refractivity contribution in [1.82, 2.24) is 35.2 Å². The molecule has 3 heterocycles. The number of likely N-dealkylation sites (tertiary alicyclic amines) is 1. The number of fused-ring (bicyclic) bond motifs is 1. The second kappa shape index (κ2) is 13.2. The number of benzene rings is 3. The molecule has 48 heavy (non-hydrogen) atoms. The number of carbonyl (C=O) groups excluding carboxylic acids is 1. The molecule has 0 spiro atoms. The minimum atomic E-state index is -0.436. The van der Waals surface area contributed by atoms with Gasteiger partial charge in [0.15, 0.2) is 0 Å². The first-order chi connectivity index (χ1) is 23.2. The fourth-order valence-corrected chi connectivity index (χ4v) is 6.63. The van der Waals surface area contributed by atoms with Crippen LogP contribution in [-0.4, -0.2) is 59.8 Å². The molecule has 3 aromatic carbocycles. The molecule has 12 heteroatoms. The average molecular weight is 649 g/mol. The number of nitrogens with one attached hydrogen (secondary N) is 2. The SMILES string of the molecule is Cc1cc2nc(-c3ccc(CNC(=O)CC4(CN5CCCC5Cn5cc(COc6ccc([N+](=O)[O-])cc6)nn5)CC4)cc3)[nH]c2cc1C. The third-order valence-corrected chi connectivity index (χ3v) is 9.76. The Bertz CT molecular complexity index is 1890. The molecule has 0 bridgehead atoms. The van der Waals surface area contributed by atoms with Crippen LogP contribution in [0.2, 0.25) is 0 Å². The van der Waals surface area contributed by atoms with E-state index in [0.29, 0.717) is 30.5 Å². The molecule has 0 radical (unpaired) electrons. The summed E-state index contributed by atoms with van der Waals surface area (Å²) in [4.78, 5) is 34.2. The quantitative estimate of drug-likeness (QED) is 0.119.